The molecule has 0 fully saturated rings. The molecule has 0 unspecified atom stereocenters. The standard InChI is InChI=1S/C8H10F9NO2S/c1-3-18(4-2)21(19,20)8(16,17)6(11,12)5(9,10)7(13,14)15/h3-4H2,1-2H3. The van der Waals surface area contributed by atoms with E-state index in [0.717, 1.165) is 13.8 Å². The van der Waals surface area contributed by atoms with Crippen LogP contribution in [-0.2, 0) is 10.0 Å². The van der Waals surface area contributed by atoms with Gasteiger partial charge in [-0.25, -0.2) is 8.42 Å². The average molecular weight is 355 g/mol. The van der Waals surface area contributed by atoms with Gasteiger partial charge in [0.25, 0.3) is 10.0 Å². The monoisotopic (exact) mass is 355 g/mol. The Labute approximate surface area is 113 Å². The quantitative estimate of drug-likeness (QED) is 0.687. The average Bonchev–Trinajstić information content (AvgIpc) is 2.27. The zero-order valence-electron chi connectivity index (χ0n) is 10.5. The van der Waals surface area contributed by atoms with Gasteiger partial charge < -0.3 is 0 Å². The molecule has 0 saturated heterocycles. The number of halogens is 9. The van der Waals surface area contributed by atoms with Gasteiger partial charge in [-0.05, 0) is 0 Å². The summed E-state index contributed by atoms with van der Waals surface area (Å²) in [5.41, 5.74) is 0. The number of sulfonamides is 1. The molecule has 0 bridgehead atoms. The first-order valence-corrected chi connectivity index (χ1v) is 6.66. The Balaban J connectivity index is 6.14. The van der Waals surface area contributed by atoms with Crippen molar-refractivity contribution in [2.75, 3.05) is 13.1 Å². The Morgan fingerprint density at radius 1 is 0.762 bits per heavy atom. The second-order valence-corrected chi connectivity index (χ2v) is 5.73. The number of hydrogen-bond acceptors (Lipinski definition) is 2. The number of rotatable bonds is 6. The first-order chi connectivity index (χ1) is 9.02. The lowest BCUT2D eigenvalue weighted by Gasteiger charge is -2.35. The smallest absolute Gasteiger partial charge is 0.206 e. The SMILES string of the molecule is CCN(CC)S(=O)(=O)C(F)(F)C(F)(F)C(F)(F)C(F)(F)F. The maximum Gasteiger partial charge on any atom is 0.460 e. The minimum atomic E-state index is -7.23. The van der Waals surface area contributed by atoms with Crippen LogP contribution in [0.3, 0.4) is 0 Å². The van der Waals surface area contributed by atoms with E-state index in [-0.39, 0.29) is 4.31 Å². The van der Waals surface area contributed by atoms with E-state index in [0.29, 0.717) is 0 Å². The van der Waals surface area contributed by atoms with Crippen LogP contribution in [0.2, 0.25) is 0 Å². The lowest BCUT2D eigenvalue weighted by molar-refractivity contribution is -0.382. The van der Waals surface area contributed by atoms with Crippen LogP contribution in [0.5, 0.6) is 0 Å². The summed E-state index contributed by atoms with van der Waals surface area (Å²) in [6.45, 7) is 0.193. The summed E-state index contributed by atoms with van der Waals surface area (Å²) in [5, 5.41) is -6.65. The third-order valence-corrected chi connectivity index (χ3v) is 4.59. The van der Waals surface area contributed by atoms with E-state index in [2.05, 4.69) is 0 Å². The molecule has 0 aliphatic rings. The van der Waals surface area contributed by atoms with Crippen LogP contribution in [0, 0.1) is 0 Å². The molecule has 0 radical (unpaired) electrons. The van der Waals surface area contributed by atoms with Crippen molar-refractivity contribution >= 4 is 10.0 Å². The molecule has 0 saturated carbocycles. The maximum atomic E-state index is 13.3. The number of alkyl halides is 9. The topological polar surface area (TPSA) is 37.4 Å². The second-order valence-electron chi connectivity index (χ2n) is 3.75. The van der Waals surface area contributed by atoms with Crippen LogP contribution in [0.25, 0.3) is 0 Å². The molecule has 0 atom stereocenters. The highest BCUT2D eigenvalue weighted by Crippen LogP contribution is 2.55. The molecular weight excluding hydrogens is 345 g/mol. The normalized spacial score (nSPS) is 15.6. The predicted octanol–water partition coefficient (Wildman–Crippen LogP) is 3.08. The van der Waals surface area contributed by atoms with E-state index in [4.69, 9.17) is 0 Å². The van der Waals surface area contributed by atoms with E-state index >= 15 is 0 Å². The highest BCUT2D eigenvalue weighted by atomic mass is 32.2. The number of nitrogens with zero attached hydrogens (tertiary/aromatic N) is 1. The van der Waals surface area contributed by atoms with E-state index in [1.165, 1.54) is 0 Å². The first kappa shape index (κ1) is 20.3. The zero-order chi connectivity index (χ0) is 17.5. The lowest BCUT2D eigenvalue weighted by atomic mass is 10.1. The van der Waals surface area contributed by atoms with Crippen molar-refractivity contribution in [3.63, 3.8) is 0 Å². The summed E-state index contributed by atoms with van der Waals surface area (Å²) >= 11 is 0. The summed E-state index contributed by atoms with van der Waals surface area (Å²) in [6, 6.07) is 0. The molecule has 0 rings (SSSR count). The van der Waals surface area contributed by atoms with E-state index < -0.39 is 46.4 Å². The van der Waals surface area contributed by atoms with Crippen LogP contribution >= 0.6 is 0 Å². The Morgan fingerprint density at radius 3 is 1.33 bits per heavy atom. The van der Waals surface area contributed by atoms with Crippen molar-refractivity contribution in [3.05, 3.63) is 0 Å². The van der Waals surface area contributed by atoms with Crippen LogP contribution in [0.1, 0.15) is 13.8 Å². The van der Waals surface area contributed by atoms with E-state index in [9.17, 15) is 47.9 Å². The Morgan fingerprint density at radius 2 is 1.10 bits per heavy atom. The molecule has 0 aromatic heterocycles. The fourth-order valence-electron chi connectivity index (χ4n) is 1.25. The van der Waals surface area contributed by atoms with Crippen molar-refractivity contribution < 1.29 is 47.9 Å². The highest BCUT2D eigenvalue weighted by molar-refractivity contribution is 7.90. The van der Waals surface area contributed by atoms with Crippen molar-refractivity contribution in [3.8, 4) is 0 Å². The van der Waals surface area contributed by atoms with Gasteiger partial charge in [0.15, 0.2) is 0 Å². The van der Waals surface area contributed by atoms with Crippen LogP contribution < -0.4 is 0 Å². The van der Waals surface area contributed by atoms with Gasteiger partial charge in [0.05, 0.1) is 0 Å². The fraction of sp³-hybridized carbons (Fsp3) is 1.00. The van der Waals surface area contributed by atoms with Crippen LogP contribution in [-0.4, -0.2) is 49.1 Å². The molecular formula is C8H10F9NO2S. The van der Waals surface area contributed by atoms with Crippen LogP contribution in [0.4, 0.5) is 39.5 Å². The van der Waals surface area contributed by atoms with Crippen molar-refractivity contribution in [2.24, 2.45) is 0 Å². The second kappa shape index (κ2) is 5.48. The summed E-state index contributed by atoms with van der Waals surface area (Å²) in [6.07, 6.45) is -7.06. The molecule has 21 heavy (non-hydrogen) atoms. The van der Waals surface area contributed by atoms with Gasteiger partial charge >= 0.3 is 23.3 Å². The minimum Gasteiger partial charge on any atom is -0.206 e. The van der Waals surface area contributed by atoms with Gasteiger partial charge in [-0.2, -0.15) is 43.8 Å². The van der Waals surface area contributed by atoms with Crippen LogP contribution in [0.15, 0.2) is 0 Å². The van der Waals surface area contributed by atoms with Gasteiger partial charge in [0.1, 0.15) is 0 Å². The van der Waals surface area contributed by atoms with Gasteiger partial charge in [-0.15, -0.1) is 0 Å². The molecule has 0 aromatic rings. The van der Waals surface area contributed by atoms with Crippen molar-refractivity contribution in [1.29, 1.82) is 0 Å². The largest absolute Gasteiger partial charge is 0.460 e. The molecule has 0 heterocycles. The minimum absolute atomic E-state index is 0.340. The summed E-state index contributed by atoms with van der Waals surface area (Å²) in [7, 11) is -6.43. The molecule has 0 spiro atoms. The van der Waals surface area contributed by atoms with Crippen molar-refractivity contribution in [1.82, 2.24) is 4.31 Å². The third kappa shape index (κ3) is 2.81. The molecule has 0 amide bonds. The highest BCUT2D eigenvalue weighted by Gasteiger charge is 2.85. The Bertz CT molecular complexity index is 467. The predicted molar refractivity (Wildman–Crippen MR) is 52.7 cm³/mol. The van der Waals surface area contributed by atoms with E-state index in [1.54, 1.807) is 0 Å². The molecule has 3 nitrogen and oxygen atoms in total. The Hall–Kier alpha value is -0.720. The van der Waals surface area contributed by atoms with Gasteiger partial charge in [0.2, 0.25) is 0 Å². The van der Waals surface area contributed by atoms with E-state index in [1.807, 2.05) is 0 Å². The molecule has 13 heteroatoms. The summed E-state index contributed by atoms with van der Waals surface area (Å²) in [4.78, 5) is 0. The molecule has 0 aliphatic carbocycles. The molecule has 0 aliphatic heterocycles. The van der Waals surface area contributed by atoms with Gasteiger partial charge in [-0.1, -0.05) is 13.8 Å². The van der Waals surface area contributed by atoms with Crippen molar-refractivity contribution in [2.45, 2.75) is 37.1 Å². The third-order valence-electron chi connectivity index (χ3n) is 2.49. The maximum absolute atomic E-state index is 13.3. The zero-order valence-corrected chi connectivity index (χ0v) is 11.3. The molecule has 0 aromatic carbocycles. The first-order valence-electron chi connectivity index (χ1n) is 5.22. The van der Waals surface area contributed by atoms with Gasteiger partial charge in [0, 0.05) is 13.1 Å². The van der Waals surface area contributed by atoms with Gasteiger partial charge in [-0.3, -0.25) is 0 Å². The Kier molecular flexibility index (Phi) is 5.29. The summed E-state index contributed by atoms with van der Waals surface area (Å²) < 4.78 is 135. The summed E-state index contributed by atoms with van der Waals surface area (Å²) in [5.74, 6) is -14.4. The molecule has 128 valence electrons. The fourth-order valence-corrected chi connectivity index (χ4v) is 2.70. The molecule has 0 N–H and O–H groups in total. The number of hydrogen-bond donors (Lipinski definition) is 0. The lowest BCUT2D eigenvalue weighted by Crippen LogP contribution is -2.65.